The summed E-state index contributed by atoms with van der Waals surface area (Å²) in [5.41, 5.74) is 0.784. The van der Waals surface area contributed by atoms with Gasteiger partial charge in [-0.25, -0.2) is 0 Å². The summed E-state index contributed by atoms with van der Waals surface area (Å²) in [5, 5.41) is 9.80. The normalized spacial score (nSPS) is 13.6. The lowest BCUT2D eigenvalue weighted by Crippen LogP contribution is -2.22. The second-order valence-electron chi connectivity index (χ2n) is 5.09. The molecule has 0 spiro atoms. The molecule has 2 nitrogen and oxygen atoms in total. The molecule has 2 heteroatoms. The van der Waals surface area contributed by atoms with Crippen LogP contribution in [0.4, 0.5) is 0 Å². The van der Waals surface area contributed by atoms with Gasteiger partial charge in [0.05, 0.1) is 6.10 Å². The van der Waals surface area contributed by atoms with Crippen LogP contribution in [0.3, 0.4) is 0 Å². The third kappa shape index (κ3) is 4.23. The van der Waals surface area contributed by atoms with Gasteiger partial charge >= 0.3 is 0 Å². The summed E-state index contributed by atoms with van der Waals surface area (Å²) in [4.78, 5) is 0. The number of benzene rings is 1. The van der Waals surface area contributed by atoms with Crippen LogP contribution < -0.4 is 4.74 Å². The molecule has 1 aromatic carbocycles. The van der Waals surface area contributed by atoms with E-state index in [2.05, 4.69) is 6.92 Å². The molecule has 0 amide bonds. The Morgan fingerprint density at radius 3 is 2.19 bits per heavy atom. The van der Waals surface area contributed by atoms with E-state index in [1.54, 1.807) is 0 Å². The molecule has 0 fully saturated rings. The fourth-order valence-electron chi connectivity index (χ4n) is 1.55. The van der Waals surface area contributed by atoms with E-state index in [1.807, 2.05) is 45.0 Å². The first-order valence-electron chi connectivity index (χ1n) is 5.89. The molecule has 0 aliphatic rings. The molecule has 1 rings (SSSR count). The minimum atomic E-state index is -0.353. The van der Waals surface area contributed by atoms with Crippen LogP contribution in [0.15, 0.2) is 24.3 Å². The third-order valence-electron chi connectivity index (χ3n) is 2.25. The van der Waals surface area contributed by atoms with Gasteiger partial charge in [-0.1, -0.05) is 25.5 Å². The Hall–Kier alpha value is -1.02. The molecular weight excluding hydrogens is 200 g/mol. The van der Waals surface area contributed by atoms with Crippen LogP contribution in [-0.4, -0.2) is 10.7 Å². The lowest BCUT2D eigenvalue weighted by Gasteiger charge is -2.21. The van der Waals surface area contributed by atoms with E-state index in [0.717, 1.165) is 24.2 Å². The van der Waals surface area contributed by atoms with Gasteiger partial charge in [0.25, 0.3) is 0 Å². The van der Waals surface area contributed by atoms with E-state index in [1.165, 1.54) is 0 Å². The Kier molecular flexibility index (Phi) is 4.36. The van der Waals surface area contributed by atoms with Gasteiger partial charge in [-0.2, -0.15) is 0 Å². The number of hydrogen-bond donors (Lipinski definition) is 1. The monoisotopic (exact) mass is 222 g/mol. The van der Waals surface area contributed by atoms with Crippen molar-refractivity contribution in [3.8, 4) is 5.75 Å². The quantitative estimate of drug-likeness (QED) is 0.841. The summed E-state index contributed by atoms with van der Waals surface area (Å²) >= 11 is 0. The lowest BCUT2D eigenvalue weighted by atomic mass is 10.1. The van der Waals surface area contributed by atoms with Crippen molar-refractivity contribution in [2.75, 3.05) is 0 Å². The van der Waals surface area contributed by atoms with Crippen molar-refractivity contribution < 1.29 is 9.84 Å². The minimum Gasteiger partial charge on any atom is -0.488 e. The summed E-state index contributed by atoms with van der Waals surface area (Å²) in [7, 11) is 0. The maximum Gasteiger partial charge on any atom is 0.120 e. The van der Waals surface area contributed by atoms with Gasteiger partial charge in [0.2, 0.25) is 0 Å². The zero-order chi connectivity index (χ0) is 12.2. The maximum atomic E-state index is 9.80. The van der Waals surface area contributed by atoms with Gasteiger partial charge in [0, 0.05) is 0 Å². The fraction of sp³-hybridized carbons (Fsp3) is 0.571. The first-order valence-corrected chi connectivity index (χ1v) is 5.89. The molecule has 0 bridgehead atoms. The molecule has 0 aliphatic carbocycles. The molecule has 0 saturated carbocycles. The van der Waals surface area contributed by atoms with Crippen LogP contribution >= 0.6 is 0 Å². The molecule has 0 saturated heterocycles. The molecule has 0 aromatic heterocycles. The Balaban J connectivity index is 2.68. The van der Waals surface area contributed by atoms with E-state index < -0.39 is 0 Å². The summed E-state index contributed by atoms with van der Waals surface area (Å²) in [6.07, 6.45) is 1.44. The first kappa shape index (κ1) is 13.0. The summed E-state index contributed by atoms with van der Waals surface area (Å²) in [6.45, 7) is 8.13. The average Bonchev–Trinajstić information content (AvgIpc) is 2.16. The van der Waals surface area contributed by atoms with Crippen LogP contribution in [0.25, 0.3) is 0 Å². The number of rotatable bonds is 4. The largest absolute Gasteiger partial charge is 0.488 e. The molecule has 90 valence electrons. The first-order chi connectivity index (χ1) is 7.42. The summed E-state index contributed by atoms with van der Waals surface area (Å²) in [6, 6.07) is 7.70. The molecule has 1 N–H and O–H groups in total. The molecule has 1 atom stereocenters. The van der Waals surface area contributed by atoms with Gasteiger partial charge in [0.1, 0.15) is 11.4 Å². The van der Waals surface area contributed by atoms with Crippen molar-refractivity contribution in [3.05, 3.63) is 29.8 Å². The Bertz CT molecular complexity index is 309. The number of aliphatic hydroxyl groups excluding tert-OH is 1. The van der Waals surface area contributed by atoms with Crippen molar-refractivity contribution in [2.24, 2.45) is 0 Å². The molecule has 0 aliphatic heterocycles. The molecule has 1 unspecified atom stereocenters. The minimum absolute atomic E-state index is 0.177. The van der Waals surface area contributed by atoms with E-state index in [9.17, 15) is 5.11 Å². The van der Waals surface area contributed by atoms with Crippen molar-refractivity contribution in [3.63, 3.8) is 0 Å². The van der Waals surface area contributed by atoms with Crippen LogP contribution in [0.5, 0.6) is 5.75 Å². The second kappa shape index (κ2) is 5.35. The zero-order valence-corrected chi connectivity index (χ0v) is 10.7. The Labute approximate surface area is 98.3 Å². The Morgan fingerprint density at radius 1 is 1.19 bits per heavy atom. The average molecular weight is 222 g/mol. The van der Waals surface area contributed by atoms with Gasteiger partial charge in [-0.3, -0.25) is 0 Å². The predicted octanol–water partition coefficient (Wildman–Crippen LogP) is 3.70. The SMILES string of the molecule is CCCC(O)c1ccc(OC(C)(C)C)cc1. The van der Waals surface area contributed by atoms with Crippen LogP contribution in [0, 0.1) is 0 Å². The van der Waals surface area contributed by atoms with Crippen molar-refractivity contribution >= 4 is 0 Å². The second-order valence-corrected chi connectivity index (χ2v) is 5.09. The number of hydrogen-bond acceptors (Lipinski definition) is 2. The van der Waals surface area contributed by atoms with Crippen LogP contribution in [0.2, 0.25) is 0 Å². The molecule has 0 radical (unpaired) electrons. The topological polar surface area (TPSA) is 29.5 Å². The van der Waals surface area contributed by atoms with Crippen molar-refractivity contribution in [1.29, 1.82) is 0 Å². The molecule has 0 heterocycles. The molecule has 16 heavy (non-hydrogen) atoms. The van der Waals surface area contributed by atoms with Crippen molar-refractivity contribution in [1.82, 2.24) is 0 Å². The predicted molar refractivity (Wildman–Crippen MR) is 66.7 cm³/mol. The Morgan fingerprint density at radius 2 is 1.75 bits per heavy atom. The van der Waals surface area contributed by atoms with Crippen molar-refractivity contribution in [2.45, 2.75) is 52.2 Å². The van der Waals surface area contributed by atoms with Crippen LogP contribution in [0.1, 0.15) is 52.2 Å². The number of aliphatic hydroxyl groups is 1. The van der Waals surface area contributed by atoms with Gasteiger partial charge in [-0.15, -0.1) is 0 Å². The zero-order valence-electron chi connectivity index (χ0n) is 10.7. The molecular formula is C14H22O2. The van der Waals surface area contributed by atoms with Gasteiger partial charge in [0.15, 0.2) is 0 Å². The fourth-order valence-corrected chi connectivity index (χ4v) is 1.55. The maximum absolute atomic E-state index is 9.80. The van der Waals surface area contributed by atoms with Gasteiger partial charge < -0.3 is 9.84 Å². The highest BCUT2D eigenvalue weighted by atomic mass is 16.5. The highest BCUT2D eigenvalue weighted by Gasteiger charge is 2.12. The summed E-state index contributed by atoms with van der Waals surface area (Å²) in [5.74, 6) is 0.847. The summed E-state index contributed by atoms with van der Waals surface area (Å²) < 4.78 is 5.71. The lowest BCUT2D eigenvalue weighted by molar-refractivity contribution is 0.130. The highest BCUT2D eigenvalue weighted by molar-refractivity contribution is 5.28. The molecule has 1 aromatic rings. The standard InChI is InChI=1S/C14H22O2/c1-5-6-13(15)11-7-9-12(10-8-11)16-14(2,3)4/h7-10,13,15H,5-6H2,1-4H3. The van der Waals surface area contributed by atoms with Gasteiger partial charge in [-0.05, 0) is 44.9 Å². The van der Waals surface area contributed by atoms with E-state index in [4.69, 9.17) is 4.74 Å². The highest BCUT2D eigenvalue weighted by Crippen LogP contribution is 2.23. The van der Waals surface area contributed by atoms with E-state index >= 15 is 0 Å². The van der Waals surface area contributed by atoms with Crippen LogP contribution in [-0.2, 0) is 0 Å². The van der Waals surface area contributed by atoms with E-state index in [0.29, 0.717) is 0 Å². The third-order valence-corrected chi connectivity index (χ3v) is 2.25. The number of ether oxygens (including phenoxy) is 1. The smallest absolute Gasteiger partial charge is 0.120 e. The van der Waals surface area contributed by atoms with E-state index in [-0.39, 0.29) is 11.7 Å².